The Bertz CT molecular complexity index is 577. The van der Waals surface area contributed by atoms with Crippen molar-refractivity contribution in [3.63, 3.8) is 0 Å². The van der Waals surface area contributed by atoms with E-state index in [9.17, 15) is 13.2 Å². The first-order chi connectivity index (χ1) is 9.38. The number of anilines is 2. The molecular formula is C13H19N3O3S. The highest BCUT2D eigenvalue weighted by Crippen LogP contribution is 2.20. The molecule has 110 valence electrons. The summed E-state index contributed by atoms with van der Waals surface area (Å²) in [6, 6.07) is 6.45. The van der Waals surface area contributed by atoms with Crippen molar-refractivity contribution in [1.82, 2.24) is 4.90 Å². The van der Waals surface area contributed by atoms with E-state index < -0.39 is 10.0 Å². The molecule has 0 spiro atoms. The van der Waals surface area contributed by atoms with Crippen molar-refractivity contribution in [3.8, 4) is 0 Å². The monoisotopic (exact) mass is 297 g/mol. The lowest BCUT2D eigenvalue weighted by Gasteiger charge is -2.24. The van der Waals surface area contributed by atoms with Crippen LogP contribution in [0.4, 0.5) is 11.4 Å². The molecule has 0 bridgehead atoms. The molecule has 2 rings (SSSR count). The van der Waals surface area contributed by atoms with E-state index in [0.717, 1.165) is 23.4 Å². The number of carbonyl (C=O) groups is 1. The second kappa shape index (κ2) is 5.70. The lowest BCUT2D eigenvalue weighted by atomic mass is 10.3. The molecule has 1 heterocycles. The van der Waals surface area contributed by atoms with Crippen LogP contribution in [-0.4, -0.2) is 45.1 Å². The molecule has 1 aliphatic rings. The number of likely N-dealkylation sites (tertiary alicyclic amines) is 1. The molecule has 0 aliphatic carbocycles. The lowest BCUT2D eigenvalue weighted by molar-refractivity contribution is -0.128. The predicted molar refractivity (Wildman–Crippen MR) is 78.9 cm³/mol. The Balaban J connectivity index is 2.20. The first-order valence-corrected chi connectivity index (χ1v) is 8.34. The maximum atomic E-state index is 12.1. The number of nitrogen functional groups attached to an aromatic ring is 1. The average molecular weight is 297 g/mol. The highest BCUT2D eigenvalue weighted by atomic mass is 32.2. The number of hydrogen-bond acceptors (Lipinski definition) is 4. The maximum Gasteiger partial charge on any atom is 0.243 e. The van der Waals surface area contributed by atoms with Gasteiger partial charge in [0.25, 0.3) is 0 Å². The van der Waals surface area contributed by atoms with Gasteiger partial charge in [0.1, 0.15) is 6.54 Å². The van der Waals surface area contributed by atoms with Gasteiger partial charge < -0.3 is 10.6 Å². The minimum absolute atomic E-state index is 0.162. The van der Waals surface area contributed by atoms with Gasteiger partial charge in [0.15, 0.2) is 0 Å². The standard InChI is InChI=1S/C13H19N3O3S/c1-20(18,19)16(12-6-4-11(14)5-7-12)10-13(17)15-8-2-3-9-15/h4-7H,2-3,8-10,14H2,1H3. The predicted octanol–water partition coefficient (Wildman–Crippen LogP) is 0.657. The van der Waals surface area contributed by atoms with E-state index in [1.54, 1.807) is 29.2 Å². The van der Waals surface area contributed by atoms with Gasteiger partial charge >= 0.3 is 0 Å². The minimum atomic E-state index is -3.51. The highest BCUT2D eigenvalue weighted by Gasteiger charge is 2.25. The van der Waals surface area contributed by atoms with E-state index in [1.807, 2.05) is 0 Å². The van der Waals surface area contributed by atoms with Crippen LogP contribution in [0, 0.1) is 0 Å². The van der Waals surface area contributed by atoms with Crippen LogP contribution in [0.1, 0.15) is 12.8 Å². The molecule has 2 N–H and O–H groups in total. The highest BCUT2D eigenvalue weighted by molar-refractivity contribution is 7.92. The smallest absolute Gasteiger partial charge is 0.243 e. The second-order valence-corrected chi connectivity index (χ2v) is 6.86. The van der Waals surface area contributed by atoms with Gasteiger partial charge in [0.2, 0.25) is 15.9 Å². The summed E-state index contributed by atoms with van der Waals surface area (Å²) < 4.78 is 24.9. The molecule has 0 unspecified atom stereocenters. The van der Waals surface area contributed by atoms with Gasteiger partial charge in [0, 0.05) is 18.8 Å². The second-order valence-electron chi connectivity index (χ2n) is 4.95. The van der Waals surface area contributed by atoms with E-state index in [4.69, 9.17) is 5.73 Å². The molecule has 0 saturated carbocycles. The summed E-state index contributed by atoms with van der Waals surface area (Å²) in [5.74, 6) is -0.162. The number of nitrogens with two attached hydrogens (primary N) is 1. The van der Waals surface area contributed by atoms with Crippen molar-refractivity contribution < 1.29 is 13.2 Å². The zero-order valence-corrected chi connectivity index (χ0v) is 12.3. The third-order valence-corrected chi connectivity index (χ3v) is 4.46. The molecule has 1 aromatic carbocycles. The van der Waals surface area contributed by atoms with Crippen molar-refractivity contribution in [1.29, 1.82) is 0 Å². The quantitative estimate of drug-likeness (QED) is 0.827. The zero-order valence-electron chi connectivity index (χ0n) is 11.4. The van der Waals surface area contributed by atoms with Crippen LogP contribution in [0.5, 0.6) is 0 Å². The first kappa shape index (κ1) is 14.6. The van der Waals surface area contributed by atoms with Gasteiger partial charge in [-0.05, 0) is 37.1 Å². The Hall–Kier alpha value is -1.76. The fourth-order valence-electron chi connectivity index (χ4n) is 2.23. The molecular weight excluding hydrogens is 278 g/mol. The van der Waals surface area contributed by atoms with Crippen molar-refractivity contribution in [2.24, 2.45) is 0 Å². The first-order valence-electron chi connectivity index (χ1n) is 6.49. The van der Waals surface area contributed by atoms with E-state index in [1.165, 1.54) is 0 Å². The molecule has 20 heavy (non-hydrogen) atoms. The van der Waals surface area contributed by atoms with Crippen molar-refractivity contribution in [2.45, 2.75) is 12.8 Å². The molecule has 1 aromatic rings. The van der Waals surface area contributed by atoms with Crippen LogP contribution < -0.4 is 10.0 Å². The van der Waals surface area contributed by atoms with Gasteiger partial charge in [-0.2, -0.15) is 0 Å². The van der Waals surface area contributed by atoms with Crippen LogP contribution in [0.3, 0.4) is 0 Å². The van der Waals surface area contributed by atoms with Crippen molar-refractivity contribution in [2.75, 3.05) is 35.9 Å². The Kier molecular flexibility index (Phi) is 4.17. The molecule has 6 nitrogen and oxygen atoms in total. The molecule has 0 aromatic heterocycles. The lowest BCUT2D eigenvalue weighted by Crippen LogP contribution is -2.41. The number of sulfonamides is 1. The van der Waals surface area contributed by atoms with E-state index in [2.05, 4.69) is 0 Å². The minimum Gasteiger partial charge on any atom is -0.399 e. The summed E-state index contributed by atoms with van der Waals surface area (Å²) in [4.78, 5) is 13.8. The maximum absolute atomic E-state index is 12.1. The number of rotatable bonds is 4. The normalized spacial score (nSPS) is 15.3. The Morgan fingerprint density at radius 3 is 2.30 bits per heavy atom. The molecule has 7 heteroatoms. The summed E-state index contributed by atoms with van der Waals surface area (Å²) in [6.45, 7) is 1.25. The molecule has 1 aliphatic heterocycles. The third-order valence-electron chi connectivity index (χ3n) is 3.32. The molecule has 1 amide bonds. The SMILES string of the molecule is CS(=O)(=O)N(CC(=O)N1CCCC1)c1ccc(N)cc1. The summed E-state index contributed by atoms with van der Waals surface area (Å²) >= 11 is 0. The van der Waals surface area contributed by atoms with Crippen LogP contribution in [0.2, 0.25) is 0 Å². The molecule has 0 atom stereocenters. The number of carbonyl (C=O) groups excluding carboxylic acids is 1. The molecule has 1 fully saturated rings. The summed E-state index contributed by atoms with van der Waals surface area (Å²) in [6.07, 6.45) is 3.06. The van der Waals surface area contributed by atoms with Gasteiger partial charge in [-0.1, -0.05) is 0 Å². The van der Waals surface area contributed by atoms with Crippen molar-refractivity contribution >= 4 is 27.3 Å². The van der Waals surface area contributed by atoms with Gasteiger partial charge in [-0.15, -0.1) is 0 Å². The number of hydrogen-bond donors (Lipinski definition) is 1. The fourth-order valence-corrected chi connectivity index (χ4v) is 3.08. The fraction of sp³-hybridized carbons (Fsp3) is 0.462. The topological polar surface area (TPSA) is 83.7 Å². The Labute approximate surface area is 119 Å². The average Bonchev–Trinajstić information content (AvgIpc) is 2.89. The van der Waals surface area contributed by atoms with Crippen molar-refractivity contribution in [3.05, 3.63) is 24.3 Å². The number of benzene rings is 1. The Morgan fingerprint density at radius 2 is 1.80 bits per heavy atom. The largest absolute Gasteiger partial charge is 0.399 e. The van der Waals surface area contributed by atoms with Gasteiger partial charge in [-0.25, -0.2) is 8.42 Å². The van der Waals surface area contributed by atoms with Gasteiger partial charge in [-0.3, -0.25) is 9.10 Å². The zero-order chi connectivity index (χ0) is 14.8. The van der Waals surface area contributed by atoms with Gasteiger partial charge in [0.05, 0.1) is 11.9 Å². The van der Waals surface area contributed by atoms with E-state index in [-0.39, 0.29) is 12.5 Å². The van der Waals surface area contributed by atoms with Crippen LogP contribution in [-0.2, 0) is 14.8 Å². The summed E-state index contributed by atoms with van der Waals surface area (Å²) in [7, 11) is -3.51. The van der Waals surface area contributed by atoms with Crippen LogP contribution >= 0.6 is 0 Å². The summed E-state index contributed by atoms with van der Waals surface area (Å²) in [5, 5.41) is 0. The number of amides is 1. The van der Waals surface area contributed by atoms with Crippen LogP contribution in [0.15, 0.2) is 24.3 Å². The van der Waals surface area contributed by atoms with Crippen LogP contribution in [0.25, 0.3) is 0 Å². The van der Waals surface area contributed by atoms with E-state index in [0.29, 0.717) is 24.5 Å². The number of nitrogens with zero attached hydrogens (tertiary/aromatic N) is 2. The molecule has 0 radical (unpaired) electrons. The summed E-state index contributed by atoms with van der Waals surface area (Å²) in [5.41, 5.74) is 6.60. The third kappa shape index (κ3) is 3.41. The Morgan fingerprint density at radius 1 is 1.25 bits per heavy atom. The molecule has 1 saturated heterocycles. The van der Waals surface area contributed by atoms with E-state index >= 15 is 0 Å².